The second kappa shape index (κ2) is 6.47. The van der Waals surface area contributed by atoms with Crippen LogP contribution in [0.15, 0.2) is 28.2 Å². The van der Waals surface area contributed by atoms with Crippen LogP contribution in [0.1, 0.15) is 5.56 Å². The molecule has 0 amide bonds. The van der Waals surface area contributed by atoms with Crippen molar-refractivity contribution in [2.24, 2.45) is 21.5 Å². The molecule has 0 heterocycles. The van der Waals surface area contributed by atoms with Crippen molar-refractivity contribution in [3.8, 4) is 0 Å². The van der Waals surface area contributed by atoms with Gasteiger partial charge in [0, 0.05) is 14.1 Å². The number of aliphatic imine (C=N–C) groups is 2. The first-order chi connectivity index (χ1) is 8.40. The van der Waals surface area contributed by atoms with Gasteiger partial charge in [-0.15, -0.1) is 0 Å². The summed E-state index contributed by atoms with van der Waals surface area (Å²) < 4.78 is 0. The molecular weight excluding hydrogens is 273 g/mol. The van der Waals surface area contributed by atoms with Gasteiger partial charge in [-0.05, 0) is 17.7 Å². The quantitative estimate of drug-likeness (QED) is 0.642. The monoisotopic (exact) mass is 287 g/mol. The zero-order valence-electron chi connectivity index (χ0n) is 10.2. The summed E-state index contributed by atoms with van der Waals surface area (Å²) in [5, 5.41) is 0.992. The maximum Gasteiger partial charge on any atom is 0.218 e. The minimum absolute atomic E-state index is 0.118. The van der Waals surface area contributed by atoms with E-state index in [4.69, 9.17) is 34.7 Å². The lowest BCUT2D eigenvalue weighted by Crippen LogP contribution is -2.32. The molecule has 1 aromatic rings. The molecule has 0 atom stereocenters. The van der Waals surface area contributed by atoms with Crippen molar-refractivity contribution in [3.05, 3.63) is 33.8 Å². The Morgan fingerprint density at radius 1 is 1.22 bits per heavy atom. The normalized spacial score (nSPS) is 12.7. The topological polar surface area (TPSA) is 80.0 Å². The first-order valence-corrected chi connectivity index (χ1v) is 5.91. The van der Waals surface area contributed by atoms with E-state index in [0.717, 1.165) is 5.56 Å². The lowest BCUT2D eigenvalue weighted by atomic mass is 10.2. The molecule has 0 aliphatic heterocycles. The van der Waals surface area contributed by atoms with E-state index in [1.54, 1.807) is 31.1 Å². The minimum atomic E-state index is 0.118. The standard InChI is InChI=1S/C11H15Cl2N5/c1-18(2)11(15)17-10(14)16-6-7-3-4-8(12)9(13)5-7/h3-5H,6H2,1-2H3,(H4,14,15,16,17). The van der Waals surface area contributed by atoms with Gasteiger partial charge in [-0.25, -0.2) is 4.99 Å². The predicted octanol–water partition coefficient (Wildman–Crippen LogP) is 1.68. The second-order valence-corrected chi connectivity index (χ2v) is 4.60. The predicted molar refractivity (Wildman–Crippen MR) is 77.1 cm³/mol. The van der Waals surface area contributed by atoms with Crippen LogP contribution in [0.5, 0.6) is 0 Å². The van der Waals surface area contributed by atoms with Gasteiger partial charge in [0.2, 0.25) is 5.96 Å². The third-order valence-electron chi connectivity index (χ3n) is 2.09. The number of halogens is 2. The highest BCUT2D eigenvalue weighted by Crippen LogP contribution is 2.22. The summed E-state index contributed by atoms with van der Waals surface area (Å²) in [6.07, 6.45) is 0. The molecule has 0 bridgehead atoms. The summed E-state index contributed by atoms with van der Waals surface area (Å²) in [4.78, 5) is 9.65. The highest BCUT2D eigenvalue weighted by Gasteiger charge is 2.00. The van der Waals surface area contributed by atoms with E-state index in [-0.39, 0.29) is 5.96 Å². The zero-order valence-corrected chi connectivity index (χ0v) is 11.7. The van der Waals surface area contributed by atoms with Gasteiger partial charge in [0.1, 0.15) is 0 Å². The van der Waals surface area contributed by atoms with Crippen molar-refractivity contribution in [1.82, 2.24) is 4.90 Å². The van der Waals surface area contributed by atoms with Crippen molar-refractivity contribution in [2.45, 2.75) is 6.54 Å². The van der Waals surface area contributed by atoms with Crippen LogP contribution < -0.4 is 11.5 Å². The molecule has 0 radical (unpaired) electrons. The molecule has 5 nitrogen and oxygen atoms in total. The average Bonchev–Trinajstić information content (AvgIpc) is 2.30. The molecule has 1 aromatic carbocycles. The molecule has 4 N–H and O–H groups in total. The summed E-state index contributed by atoms with van der Waals surface area (Å²) >= 11 is 11.7. The number of hydrogen-bond acceptors (Lipinski definition) is 1. The third-order valence-corrected chi connectivity index (χ3v) is 2.83. The van der Waals surface area contributed by atoms with Gasteiger partial charge in [0.25, 0.3) is 0 Å². The molecule has 0 aliphatic rings. The molecule has 0 fully saturated rings. The molecular formula is C11H15Cl2N5. The van der Waals surface area contributed by atoms with Gasteiger partial charge < -0.3 is 16.4 Å². The third kappa shape index (κ3) is 4.43. The molecule has 0 aromatic heterocycles. The first-order valence-electron chi connectivity index (χ1n) is 5.15. The summed E-state index contributed by atoms with van der Waals surface area (Å²) in [6, 6.07) is 5.27. The lowest BCUT2D eigenvalue weighted by Gasteiger charge is -2.09. The van der Waals surface area contributed by atoms with E-state index in [0.29, 0.717) is 22.5 Å². The minimum Gasteiger partial charge on any atom is -0.369 e. The van der Waals surface area contributed by atoms with Crippen molar-refractivity contribution < 1.29 is 0 Å². The van der Waals surface area contributed by atoms with E-state index < -0.39 is 0 Å². The molecule has 1 rings (SSSR count). The van der Waals surface area contributed by atoms with Gasteiger partial charge in [-0.2, -0.15) is 4.99 Å². The van der Waals surface area contributed by atoms with Crippen LogP contribution >= 0.6 is 23.2 Å². The molecule has 18 heavy (non-hydrogen) atoms. The molecule has 0 saturated heterocycles. The van der Waals surface area contributed by atoms with Crippen LogP contribution in [0.4, 0.5) is 0 Å². The van der Waals surface area contributed by atoms with Gasteiger partial charge in [0.05, 0.1) is 16.6 Å². The number of benzene rings is 1. The van der Waals surface area contributed by atoms with E-state index in [1.165, 1.54) is 0 Å². The number of hydrogen-bond donors (Lipinski definition) is 2. The maximum atomic E-state index is 5.89. The van der Waals surface area contributed by atoms with E-state index >= 15 is 0 Å². The summed E-state index contributed by atoms with van der Waals surface area (Å²) in [5.41, 5.74) is 12.1. The Hall–Kier alpha value is -1.46. The van der Waals surface area contributed by atoms with Crippen molar-refractivity contribution >= 4 is 35.1 Å². The van der Waals surface area contributed by atoms with Crippen LogP contribution in [0.2, 0.25) is 10.0 Å². The number of nitrogens with zero attached hydrogens (tertiary/aromatic N) is 3. The fourth-order valence-corrected chi connectivity index (χ4v) is 1.38. The second-order valence-electron chi connectivity index (χ2n) is 3.79. The largest absolute Gasteiger partial charge is 0.369 e. The summed E-state index contributed by atoms with van der Waals surface area (Å²) in [7, 11) is 3.54. The highest BCUT2D eigenvalue weighted by molar-refractivity contribution is 6.42. The van der Waals surface area contributed by atoms with Gasteiger partial charge in [-0.3, -0.25) is 0 Å². The van der Waals surface area contributed by atoms with E-state index in [9.17, 15) is 0 Å². The number of nitrogens with two attached hydrogens (primary N) is 2. The molecule has 0 saturated carbocycles. The van der Waals surface area contributed by atoms with Crippen LogP contribution in [0, 0.1) is 0 Å². The maximum absolute atomic E-state index is 5.89. The van der Waals surface area contributed by atoms with Gasteiger partial charge in [0.15, 0.2) is 5.96 Å². The lowest BCUT2D eigenvalue weighted by molar-refractivity contribution is 0.615. The van der Waals surface area contributed by atoms with Crippen molar-refractivity contribution in [1.29, 1.82) is 0 Å². The Morgan fingerprint density at radius 2 is 1.89 bits per heavy atom. The SMILES string of the molecule is CN(C)C(N)=NC(N)=NCc1ccc(Cl)c(Cl)c1. The van der Waals surface area contributed by atoms with Gasteiger partial charge in [-0.1, -0.05) is 29.3 Å². The summed E-state index contributed by atoms with van der Waals surface area (Å²) in [5.74, 6) is 0.415. The van der Waals surface area contributed by atoms with E-state index in [2.05, 4.69) is 9.98 Å². The van der Waals surface area contributed by atoms with Gasteiger partial charge >= 0.3 is 0 Å². The smallest absolute Gasteiger partial charge is 0.218 e. The molecule has 7 heteroatoms. The fourth-order valence-electron chi connectivity index (χ4n) is 1.06. The van der Waals surface area contributed by atoms with Crippen molar-refractivity contribution in [2.75, 3.05) is 14.1 Å². The van der Waals surface area contributed by atoms with E-state index in [1.807, 2.05) is 6.07 Å². The number of rotatable bonds is 2. The molecule has 0 spiro atoms. The average molecular weight is 288 g/mol. The summed E-state index contributed by atoms with van der Waals surface area (Å²) in [6.45, 7) is 0.368. The molecule has 0 unspecified atom stereocenters. The van der Waals surface area contributed by atoms with Crippen LogP contribution in [0.25, 0.3) is 0 Å². The van der Waals surface area contributed by atoms with Crippen LogP contribution in [-0.2, 0) is 6.54 Å². The zero-order chi connectivity index (χ0) is 13.7. The molecule has 98 valence electrons. The fraction of sp³-hybridized carbons (Fsp3) is 0.273. The highest BCUT2D eigenvalue weighted by atomic mass is 35.5. The molecule has 0 aliphatic carbocycles. The van der Waals surface area contributed by atoms with Crippen LogP contribution in [-0.4, -0.2) is 30.9 Å². The first kappa shape index (κ1) is 14.6. The van der Waals surface area contributed by atoms with Crippen molar-refractivity contribution in [3.63, 3.8) is 0 Å². The number of guanidine groups is 2. The Morgan fingerprint density at radius 3 is 2.44 bits per heavy atom. The Bertz CT molecular complexity index is 482. The Balaban J connectivity index is 2.74. The van der Waals surface area contributed by atoms with Crippen LogP contribution in [0.3, 0.4) is 0 Å². The Labute approximate surface area is 116 Å². The Kier molecular flexibility index (Phi) is 5.25.